The van der Waals surface area contributed by atoms with Crippen molar-refractivity contribution >= 4 is 45.9 Å². The second-order valence-corrected chi connectivity index (χ2v) is 7.15. The molecule has 0 bridgehead atoms. The summed E-state index contributed by atoms with van der Waals surface area (Å²) < 4.78 is 29.9. The number of nitrogens with zero attached hydrogens (tertiary/aromatic N) is 2. The van der Waals surface area contributed by atoms with Crippen molar-refractivity contribution in [3.05, 3.63) is 0 Å². The van der Waals surface area contributed by atoms with Gasteiger partial charge in [-0.25, -0.2) is 13.1 Å². The van der Waals surface area contributed by atoms with Crippen LogP contribution in [0.4, 0.5) is 0 Å². The first-order valence-corrected chi connectivity index (χ1v) is 9.09. The molecule has 0 unspecified atom stereocenters. The number of piperidine rings is 1. The van der Waals surface area contributed by atoms with Crippen molar-refractivity contribution in [2.45, 2.75) is 19.8 Å². The van der Waals surface area contributed by atoms with Crippen LogP contribution in [0.2, 0.25) is 0 Å². The summed E-state index contributed by atoms with van der Waals surface area (Å²) in [7, 11) is -0.0689. The van der Waals surface area contributed by atoms with E-state index in [9.17, 15) is 13.2 Å². The van der Waals surface area contributed by atoms with Crippen molar-refractivity contribution in [2.24, 2.45) is 10.9 Å². The predicted molar refractivity (Wildman–Crippen MR) is 101 cm³/mol. The van der Waals surface area contributed by atoms with Crippen LogP contribution in [0.3, 0.4) is 0 Å². The lowest BCUT2D eigenvalue weighted by Gasteiger charge is -2.33. The number of halogens is 1. The van der Waals surface area contributed by atoms with Crippen molar-refractivity contribution in [3.63, 3.8) is 0 Å². The number of methoxy groups -OCH3 is 1. The maximum atomic E-state index is 11.5. The van der Waals surface area contributed by atoms with E-state index in [1.165, 1.54) is 7.11 Å². The molecule has 0 aromatic heterocycles. The molecule has 1 heterocycles. The topological polar surface area (TPSA) is 100 Å². The molecule has 1 aliphatic rings. The Kier molecular flexibility index (Phi) is 10.7. The molecule has 23 heavy (non-hydrogen) atoms. The van der Waals surface area contributed by atoms with E-state index in [1.807, 2.05) is 0 Å². The van der Waals surface area contributed by atoms with E-state index in [2.05, 4.69) is 19.9 Å². The van der Waals surface area contributed by atoms with E-state index in [0.717, 1.165) is 31.9 Å². The molecular weight excluding hydrogens is 435 g/mol. The summed E-state index contributed by atoms with van der Waals surface area (Å²) in [5.74, 6) is 0.592. The van der Waals surface area contributed by atoms with Crippen molar-refractivity contribution in [2.75, 3.05) is 46.1 Å². The molecule has 8 nitrogen and oxygen atoms in total. The third-order valence-corrected chi connectivity index (χ3v) is 5.05. The van der Waals surface area contributed by atoms with E-state index in [0.29, 0.717) is 13.1 Å². The lowest BCUT2D eigenvalue weighted by Crippen LogP contribution is -2.48. The zero-order chi connectivity index (χ0) is 16.6. The Hall–Kier alpha value is -0.620. The van der Waals surface area contributed by atoms with Gasteiger partial charge in [-0.2, -0.15) is 0 Å². The molecule has 0 radical (unpaired) electrons. The molecule has 10 heteroatoms. The van der Waals surface area contributed by atoms with Crippen LogP contribution in [0.5, 0.6) is 0 Å². The largest absolute Gasteiger partial charge is 0.469 e. The highest BCUT2D eigenvalue weighted by Gasteiger charge is 2.26. The van der Waals surface area contributed by atoms with Crippen LogP contribution in [0.15, 0.2) is 4.99 Å². The van der Waals surface area contributed by atoms with Crippen LogP contribution in [-0.2, 0) is 19.6 Å². The Labute approximate surface area is 155 Å². The second kappa shape index (κ2) is 11.0. The third kappa shape index (κ3) is 7.66. The Bertz CT molecular complexity index is 490. The van der Waals surface area contributed by atoms with E-state index in [-0.39, 0.29) is 41.6 Å². The van der Waals surface area contributed by atoms with Gasteiger partial charge < -0.3 is 15.0 Å². The van der Waals surface area contributed by atoms with Gasteiger partial charge in [0.05, 0.1) is 18.8 Å². The van der Waals surface area contributed by atoms with Gasteiger partial charge in [0.2, 0.25) is 10.0 Å². The minimum absolute atomic E-state index is 0. The van der Waals surface area contributed by atoms with Gasteiger partial charge in [-0.3, -0.25) is 9.79 Å². The summed E-state index contributed by atoms with van der Waals surface area (Å²) in [6.07, 6.45) is 1.46. The lowest BCUT2D eigenvalue weighted by molar-refractivity contribution is -0.146. The first kappa shape index (κ1) is 22.4. The first-order chi connectivity index (χ1) is 10.4. The number of carbonyl (C=O) groups excluding carboxylic acids is 1. The molecule has 1 fully saturated rings. The fourth-order valence-corrected chi connectivity index (χ4v) is 2.93. The molecule has 1 saturated heterocycles. The maximum Gasteiger partial charge on any atom is 0.308 e. The van der Waals surface area contributed by atoms with Crippen molar-refractivity contribution in [1.82, 2.24) is 14.9 Å². The van der Waals surface area contributed by atoms with Crippen molar-refractivity contribution in [3.8, 4) is 0 Å². The number of carbonyl (C=O) groups is 1. The second-order valence-electron chi connectivity index (χ2n) is 5.06. The number of hydrogen-bond donors (Lipinski definition) is 2. The molecule has 0 spiro atoms. The summed E-state index contributed by atoms with van der Waals surface area (Å²) in [5, 5.41) is 3.13. The first-order valence-electron chi connectivity index (χ1n) is 7.44. The van der Waals surface area contributed by atoms with E-state index < -0.39 is 10.0 Å². The number of nitrogens with one attached hydrogen (secondary N) is 2. The van der Waals surface area contributed by atoms with Crippen LogP contribution >= 0.6 is 24.0 Å². The third-order valence-electron chi connectivity index (χ3n) is 3.65. The summed E-state index contributed by atoms with van der Waals surface area (Å²) >= 11 is 0. The van der Waals surface area contributed by atoms with Crippen LogP contribution in [0, 0.1) is 5.92 Å². The molecule has 2 N–H and O–H groups in total. The lowest BCUT2D eigenvalue weighted by atomic mass is 9.97. The Morgan fingerprint density at radius 2 is 1.91 bits per heavy atom. The van der Waals surface area contributed by atoms with Crippen LogP contribution in [0.1, 0.15) is 19.8 Å². The molecular formula is C13H27IN4O4S. The van der Waals surface area contributed by atoms with Gasteiger partial charge in [0.1, 0.15) is 0 Å². The minimum Gasteiger partial charge on any atom is -0.469 e. The minimum atomic E-state index is -3.16. The van der Waals surface area contributed by atoms with Crippen molar-refractivity contribution < 1.29 is 17.9 Å². The highest BCUT2D eigenvalue weighted by atomic mass is 127. The van der Waals surface area contributed by atoms with E-state index in [1.54, 1.807) is 14.0 Å². The number of rotatable bonds is 6. The van der Waals surface area contributed by atoms with Crippen LogP contribution < -0.4 is 10.0 Å². The summed E-state index contributed by atoms with van der Waals surface area (Å²) in [6.45, 7) is 3.82. The Balaban J connectivity index is 0.00000484. The standard InChI is InChI=1S/C13H26N4O4S.HI/c1-4-22(19,20)16-8-7-15-13(14-2)17-9-5-11(6-10-17)12(18)21-3;/h11,16H,4-10H2,1-3H3,(H,14,15);1H. The van der Waals surface area contributed by atoms with Gasteiger partial charge in [-0.15, -0.1) is 24.0 Å². The number of ether oxygens (including phenoxy) is 1. The Morgan fingerprint density at radius 3 is 2.39 bits per heavy atom. The van der Waals surface area contributed by atoms with Crippen LogP contribution in [-0.4, -0.2) is 71.3 Å². The summed E-state index contributed by atoms with van der Waals surface area (Å²) in [5.41, 5.74) is 0. The molecule has 0 amide bonds. The van der Waals surface area contributed by atoms with Gasteiger partial charge in [0.15, 0.2) is 5.96 Å². The van der Waals surface area contributed by atoms with Gasteiger partial charge in [0.25, 0.3) is 0 Å². The van der Waals surface area contributed by atoms with Gasteiger partial charge >= 0.3 is 5.97 Å². The molecule has 1 rings (SSSR count). The summed E-state index contributed by atoms with van der Waals surface area (Å²) in [6, 6.07) is 0. The van der Waals surface area contributed by atoms with Gasteiger partial charge in [-0.05, 0) is 19.8 Å². The monoisotopic (exact) mass is 462 g/mol. The van der Waals surface area contributed by atoms with E-state index in [4.69, 9.17) is 4.74 Å². The number of likely N-dealkylation sites (tertiary alicyclic amines) is 1. The molecule has 136 valence electrons. The highest BCUT2D eigenvalue weighted by molar-refractivity contribution is 14.0. The van der Waals surface area contributed by atoms with Gasteiger partial charge in [0, 0.05) is 33.2 Å². The molecule has 0 atom stereocenters. The zero-order valence-corrected chi connectivity index (χ0v) is 17.0. The SMILES string of the molecule is CCS(=O)(=O)NCCNC(=NC)N1CCC(C(=O)OC)CC1.I. The predicted octanol–water partition coefficient (Wildman–Crippen LogP) is 0.00410. The quantitative estimate of drug-likeness (QED) is 0.190. The fourth-order valence-electron chi connectivity index (χ4n) is 2.31. The van der Waals surface area contributed by atoms with Crippen molar-refractivity contribution in [1.29, 1.82) is 0 Å². The number of sulfonamides is 1. The van der Waals surface area contributed by atoms with Crippen LogP contribution in [0.25, 0.3) is 0 Å². The average molecular weight is 462 g/mol. The smallest absolute Gasteiger partial charge is 0.308 e. The number of aliphatic imine (C=N–C) groups is 1. The number of hydrogen-bond acceptors (Lipinski definition) is 5. The molecule has 0 aliphatic carbocycles. The zero-order valence-electron chi connectivity index (χ0n) is 13.9. The molecule has 0 aromatic rings. The highest BCUT2D eigenvalue weighted by Crippen LogP contribution is 2.18. The number of guanidine groups is 1. The normalized spacial score (nSPS) is 16.7. The van der Waals surface area contributed by atoms with Gasteiger partial charge in [-0.1, -0.05) is 0 Å². The number of esters is 1. The average Bonchev–Trinajstić information content (AvgIpc) is 2.54. The molecule has 0 saturated carbocycles. The maximum absolute atomic E-state index is 11.5. The van der Waals surface area contributed by atoms with E-state index >= 15 is 0 Å². The fraction of sp³-hybridized carbons (Fsp3) is 0.846. The molecule has 0 aromatic carbocycles. The Morgan fingerprint density at radius 1 is 1.30 bits per heavy atom. The summed E-state index contributed by atoms with van der Waals surface area (Å²) in [4.78, 5) is 17.8. The molecule has 1 aliphatic heterocycles.